The van der Waals surface area contributed by atoms with Crippen LogP contribution in [0.4, 0.5) is 5.69 Å². The van der Waals surface area contributed by atoms with E-state index in [0.717, 1.165) is 5.56 Å². The van der Waals surface area contributed by atoms with Crippen molar-refractivity contribution in [3.63, 3.8) is 0 Å². The lowest BCUT2D eigenvalue weighted by Crippen LogP contribution is -2.26. The van der Waals surface area contributed by atoms with Gasteiger partial charge in [0.25, 0.3) is 11.6 Å². The first kappa shape index (κ1) is 16.0. The molecule has 1 aromatic carbocycles. The first-order chi connectivity index (χ1) is 10.5. The molecule has 2 aromatic rings. The van der Waals surface area contributed by atoms with Crippen LogP contribution in [0.25, 0.3) is 0 Å². The van der Waals surface area contributed by atoms with Crippen molar-refractivity contribution in [2.75, 3.05) is 6.26 Å². The molecular formula is C15H15N3O3S. The second-order valence-corrected chi connectivity index (χ2v) is 5.47. The maximum Gasteiger partial charge on any atom is 0.283 e. The molecule has 0 aliphatic carbocycles. The predicted molar refractivity (Wildman–Crippen MR) is 85.0 cm³/mol. The highest BCUT2D eigenvalue weighted by Gasteiger charge is 2.18. The van der Waals surface area contributed by atoms with Crippen LogP contribution in [0.5, 0.6) is 0 Å². The number of aromatic nitrogens is 1. The van der Waals surface area contributed by atoms with Gasteiger partial charge in [-0.25, -0.2) is 0 Å². The number of carbonyl (C=O) groups excluding carboxylic acids is 1. The van der Waals surface area contributed by atoms with Crippen molar-refractivity contribution in [2.24, 2.45) is 0 Å². The van der Waals surface area contributed by atoms with Crippen LogP contribution in [0.2, 0.25) is 0 Å². The zero-order valence-corrected chi connectivity index (χ0v) is 13.0. The van der Waals surface area contributed by atoms with Crippen LogP contribution < -0.4 is 5.32 Å². The number of hydrogen-bond donors (Lipinski definition) is 1. The van der Waals surface area contributed by atoms with Crippen molar-refractivity contribution in [3.8, 4) is 0 Å². The highest BCUT2D eigenvalue weighted by Crippen LogP contribution is 2.28. The maximum absolute atomic E-state index is 12.2. The number of benzene rings is 1. The Morgan fingerprint density at radius 3 is 2.77 bits per heavy atom. The first-order valence-electron chi connectivity index (χ1n) is 6.56. The van der Waals surface area contributed by atoms with Crippen molar-refractivity contribution in [2.45, 2.75) is 17.9 Å². The summed E-state index contributed by atoms with van der Waals surface area (Å²) in [6, 6.07) is 7.89. The number of carbonyl (C=O) groups is 1. The van der Waals surface area contributed by atoms with E-state index in [2.05, 4.69) is 10.3 Å². The third-order valence-corrected chi connectivity index (χ3v) is 3.95. The Bertz CT molecular complexity index is 692. The average Bonchev–Trinajstić information content (AvgIpc) is 2.54. The molecule has 7 heteroatoms. The number of thioether (sulfide) groups is 1. The van der Waals surface area contributed by atoms with Crippen LogP contribution in [-0.2, 0) is 0 Å². The Labute approximate surface area is 132 Å². The van der Waals surface area contributed by atoms with Crippen LogP contribution in [0.1, 0.15) is 28.9 Å². The minimum atomic E-state index is -0.479. The van der Waals surface area contributed by atoms with Crippen molar-refractivity contribution >= 4 is 23.4 Å². The molecule has 0 saturated heterocycles. The smallest absolute Gasteiger partial charge is 0.283 e. The predicted octanol–water partition coefficient (Wildman–Crippen LogP) is 3.20. The quantitative estimate of drug-likeness (QED) is 0.520. The van der Waals surface area contributed by atoms with Gasteiger partial charge in [-0.15, -0.1) is 11.8 Å². The zero-order chi connectivity index (χ0) is 16.1. The average molecular weight is 317 g/mol. The molecule has 0 fully saturated rings. The van der Waals surface area contributed by atoms with Crippen LogP contribution in [-0.4, -0.2) is 22.1 Å². The van der Waals surface area contributed by atoms with Gasteiger partial charge in [0.2, 0.25) is 0 Å². The van der Waals surface area contributed by atoms with E-state index in [4.69, 9.17) is 0 Å². The summed E-state index contributed by atoms with van der Waals surface area (Å²) in [5.74, 6) is -0.355. The summed E-state index contributed by atoms with van der Waals surface area (Å²) < 4.78 is 0. The number of nitro benzene ring substituents is 1. The third-order valence-electron chi connectivity index (χ3n) is 3.17. The molecule has 0 bridgehead atoms. The molecule has 1 N–H and O–H groups in total. The van der Waals surface area contributed by atoms with Gasteiger partial charge in [-0.05, 0) is 36.9 Å². The Morgan fingerprint density at radius 1 is 1.41 bits per heavy atom. The van der Waals surface area contributed by atoms with Gasteiger partial charge < -0.3 is 5.32 Å². The highest BCUT2D eigenvalue weighted by molar-refractivity contribution is 7.98. The molecule has 0 spiro atoms. The molecule has 1 atom stereocenters. The summed E-state index contributed by atoms with van der Waals surface area (Å²) >= 11 is 1.27. The summed E-state index contributed by atoms with van der Waals surface area (Å²) in [5.41, 5.74) is 1.07. The molecule has 2 rings (SSSR count). The summed E-state index contributed by atoms with van der Waals surface area (Å²) in [6.07, 6.45) is 5.08. The van der Waals surface area contributed by atoms with Gasteiger partial charge in [-0.1, -0.05) is 6.07 Å². The largest absolute Gasteiger partial charge is 0.345 e. The van der Waals surface area contributed by atoms with Crippen molar-refractivity contribution in [1.82, 2.24) is 10.3 Å². The van der Waals surface area contributed by atoms with E-state index < -0.39 is 4.92 Å². The molecule has 1 heterocycles. The Morgan fingerprint density at radius 2 is 2.18 bits per heavy atom. The topological polar surface area (TPSA) is 85.1 Å². The van der Waals surface area contributed by atoms with E-state index >= 15 is 0 Å². The van der Waals surface area contributed by atoms with Gasteiger partial charge in [0.15, 0.2) is 0 Å². The molecular weight excluding hydrogens is 302 g/mol. The van der Waals surface area contributed by atoms with Crippen molar-refractivity contribution < 1.29 is 9.72 Å². The van der Waals surface area contributed by atoms with Crippen molar-refractivity contribution in [1.29, 1.82) is 0 Å². The zero-order valence-electron chi connectivity index (χ0n) is 12.1. The first-order valence-corrected chi connectivity index (χ1v) is 7.78. The molecule has 0 aliphatic heterocycles. The number of rotatable bonds is 5. The minimum Gasteiger partial charge on any atom is -0.345 e. The fourth-order valence-corrected chi connectivity index (χ4v) is 2.52. The highest BCUT2D eigenvalue weighted by atomic mass is 32.2. The molecule has 1 aromatic heterocycles. The number of pyridine rings is 1. The standard InChI is InChI=1S/C15H15N3O3S/c1-10(12-4-3-7-16-9-12)17-15(19)11-5-6-14(22-2)13(8-11)18(20)21/h3-10H,1-2H3,(H,17,19). The van der Waals surface area contributed by atoms with E-state index in [1.54, 1.807) is 36.8 Å². The maximum atomic E-state index is 12.2. The SMILES string of the molecule is CSc1ccc(C(=O)NC(C)c2cccnc2)cc1[N+](=O)[O-]. The van der Waals surface area contributed by atoms with E-state index in [0.29, 0.717) is 4.90 Å². The van der Waals surface area contributed by atoms with Crippen LogP contribution in [0.15, 0.2) is 47.6 Å². The number of nitrogens with one attached hydrogen (secondary N) is 1. The summed E-state index contributed by atoms with van der Waals surface area (Å²) in [4.78, 5) is 27.3. The van der Waals surface area contributed by atoms with E-state index in [1.165, 1.54) is 17.8 Å². The van der Waals surface area contributed by atoms with Gasteiger partial charge in [0.05, 0.1) is 15.9 Å². The minimum absolute atomic E-state index is 0.0609. The molecule has 0 radical (unpaired) electrons. The van der Waals surface area contributed by atoms with Gasteiger partial charge in [0.1, 0.15) is 0 Å². The summed E-state index contributed by atoms with van der Waals surface area (Å²) in [5, 5.41) is 13.9. The number of amides is 1. The number of nitro groups is 1. The van der Waals surface area contributed by atoms with Crippen molar-refractivity contribution in [3.05, 3.63) is 64.0 Å². The summed E-state index contributed by atoms with van der Waals surface area (Å²) in [7, 11) is 0. The van der Waals surface area contributed by atoms with E-state index in [-0.39, 0.29) is 23.2 Å². The van der Waals surface area contributed by atoms with Gasteiger partial charge in [0, 0.05) is 24.0 Å². The number of nitrogens with zero attached hydrogens (tertiary/aromatic N) is 2. The van der Waals surface area contributed by atoms with E-state index in [1.807, 2.05) is 13.0 Å². The lowest BCUT2D eigenvalue weighted by Gasteiger charge is -2.14. The fourth-order valence-electron chi connectivity index (χ4n) is 1.97. The molecule has 0 aliphatic rings. The van der Waals surface area contributed by atoms with Crippen LogP contribution in [0.3, 0.4) is 0 Å². The van der Waals surface area contributed by atoms with Crippen LogP contribution in [0, 0.1) is 10.1 Å². The van der Waals surface area contributed by atoms with Gasteiger partial charge in [-0.3, -0.25) is 19.9 Å². The van der Waals surface area contributed by atoms with E-state index in [9.17, 15) is 14.9 Å². The molecule has 0 saturated carbocycles. The molecule has 22 heavy (non-hydrogen) atoms. The molecule has 6 nitrogen and oxygen atoms in total. The van der Waals surface area contributed by atoms with Crippen LogP contribution >= 0.6 is 11.8 Å². The molecule has 114 valence electrons. The molecule has 1 amide bonds. The monoisotopic (exact) mass is 317 g/mol. The lowest BCUT2D eigenvalue weighted by molar-refractivity contribution is -0.387. The Balaban J connectivity index is 2.19. The fraction of sp³-hybridized carbons (Fsp3) is 0.200. The molecule has 1 unspecified atom stereocenters. The van der Waals surface area contributed by atoms with Gasteiger partial charge in [-0.2, -0.15) is 0 Å². The second-order valence-electron chi connectivity index (χ2n) is 4.63. The Hall–Kier alpha value is -2.41. The lowest BCUT2D eigenvalue weighted by atomic mass is 10.1. The Kier molecular flexibility index (Phi) is 5.11. The second kappa shape index (κ2) is 7.04. The van der Waals surface area contributed by atoms with Gasteiger partial charge >= 0.3 is 0 Å². The normalized spacial score (nSPS) is 11.7. The third kappa shape index (κ3) is 3.62. The summed E-state index contributed by atoms with van der Waals surface area (Å²) in [6.45, 7) is 1.83. The number of hydrogen-bond acceptors (Lipinski definition) is 5.